The average molecular weight is 250 g/mol. The quantitative estimate of drug-likeness (QED) is 0.457. The van der Waals surface area contributed by atoms with Gasteiger partial charge in [-0.25, -0.2) is 4.79 Å². The Labute approximate surface area is 103 Å². The number of ether oxygens (including phenoxy) is 2. The van der Waals surface area contributed by atoms with Crippen LogP contribution in [0.25, 0.3) is 0 Å². The fourth-order valence-corrected chi connectivity index (χ4v) is 1.97. The molecule has 0 saturated carbocycles. The highest BCUT2D eigenvalue weighted by atomic mass is 32.2. The zero-order chi connectivity index (χ0) is 12.4. The van der Waals surface area contributed by atoms with Crippen molar-refractivity contribution >= 4 is 23.7 Å². The molecule has 0 N–H and O–H groups in total. The fourth-order valence-electron chi connectivity index (χ4n) is 1.23. The summed E-state index contributed by atoms with van der Waals surface area (Å²) < 4.78 is 10.1. The van der Waals surface area contributed by atoms with Crippen LogP contribution >= 0.6 is 11.8 Å². The molecule has 5 heteroatoms. The Bertz CT molecular complexity index is 507. The lowest BCUT2D eigenvalue weighted by Crippen LogP contribution is -2.15. The normalized spacial score (nSPS) is 13.6. The molecule has 88 valence electrons. The average Bonchev–Trinajstić information content (AvgIpc) is 2.28. The van der Waals surface area contributed by atoms with Crippen molar-refractivity contribution in [2.75, 3.05) is 5.75 Å². The molecule has 0 saturated heterocycles. The molecule has 0 unspecified atom stereocenters. The molecule has 1 aliphatic heterocycles. The third-order valence-corrected chi connectivity index (χ3v) is 3.07. The van der Waals surface area contributed by atoms with Gasteiger partial charge in [0.25, 0.3) is 0 Å². The van der Waals surface area contributed by atoms with Crippen molar-refractivity contribution in [1.29, 1.82) is 0 Å². The zero-order valence-electron chi connectivity index (χ0n) is 9.19. The number of esters is 2. The van der Waals surface area contributed by atoms with Crippen LogP contribution in [0.5, 0.6) is 11.5 Å². The van der Waals surface area contributed by atoms with Gasteiger partial charge in [-0.15, -0.1) is 11.8 Å². The van der Waals surface area contributed by atoms with Gasteiger partial charge in [0.2, 0.25) is 0 Å². The van der Waals surface area contributed by atoms with E-state index in [9.17, 15) is 9.59 Å². The van der Waals surface area contributed by atoms with Gasteiger partial charge in [-0.05, 0) is 19.1 Å². The summed E-state index contributed by atoms with van der Waals surface area (Å²) >= 11 is 1.40. The monoisotopic (exact) mass is 250 g/mol. The second-order valence-corrected chi connectivity index (χ2v) is 4.56. The van der Waals surface area contributed by atoms with Gasteiger partial charge in [0.15, 0.2) is 0 Å². The fraction of sp³-hybridized carbons (Fsp3) is 0.167. The highest BCUT2D eigenvalue weighted by Gasteiger charge is 2.18. The number of hydrogen-bond acceptors (Lipinski definition) is 5. The SMILES string of the molecule is C=C(C)C(=O)Oc1ccc2c(c1)OC(=O)CS2. The van der Waals surface area contributed by atoms with E-state index in [0.29, 0.717) is 22.8 Å². The highest BCUT2D eigenvalue weighted by Crippen LogP contribution is 2.36. The van der Waals surface area contributed by atoms with Crippen LogP contribution in [0, 0.1) is 0 Å². The summed E-state index contributed by atoms with van der Waals surface area (Å²) in [5.41, 5.74) is 0.314. The van der Waals surface area contributed by atoms with Gasteiger partial charge in [0.1, 0.15) is 11.5 Å². The second-order valence-electron chi connectivity index (χ2n) is 3.54. The predicted octanol–water partition coefficient (Wildman–Crippen LogP) is 2.18. The molecule has 0 aliphatic carbocycles. The minimum Gasteiger partial charge on any atom is -0.425 e. The second kappa shape index (κ2) is 4.63. The van der Waals surface area contributed by atoms with E-state index in [1.165, 1.54) is 17.8 Å². The molecule has 1 aromatic carbocycles. The summed E-state index contributed by atoms with van der Waals surface area (Å²) in [5, 5.41) is 0. The Morgan fingerprint density at radius 1 is 1.53 bits per heavy atom. The Balaban J connectivity index is 2.21. The summed E-state index contributed by atoms with van der Waals surface area (Å²) in [5.74, 6) is 0.272. The number of thioether (sulfide) groups is 1. The smallest absolute Gasteiger partial charge is 0.338 e. The molecule has 0 spiro atoms. The lowest BCUT2D eigenvalue weighted by atomic mass is 10.3. The number of carbonyl (C=O) groups is 2. The molecule has 0 atom stereocenters. The van der Waals surface area contributed by atoms with Crippen LogP contribution < -0.4 is 9.47 Å². The number of benzene rings is 1. The predicted molar refractivity (Wildman–Crippen MR) is 63.3 cm³/mol. The summed E-state index contributed by atoms with van der Waals surface area (Å²) in [6, 6.07) is 4.94. The van der Waals surface area contributed by atoms with Crippen LogP contribution in [0.1, 0.15) is 6.92 Å². The number of hydrogen-bond donors (Lipinski definition) is 0. The Hall–Kier alpha value is -1.75. The maximum Gasteiger partial charge on any atom is 0.338 e. The molecular weight excluding hydrogens is 240 g/mol. The van der Waals surface area contributed by atoms with Crippen LogP contribution in [0.15, 0.2) is 35.2 Å². The third kappa shape index (κ3) is 2.68. The van der Waals surface area contributed by atoms with Crippen LogP contribution in [0.2, 0.25) is 0 Å². The minimum atomic E-state index is -0.500. The molecule has 1 heterocycles. The van der Waals surface area contributed by atoms with Gasteiger partial charge in [0.05, 0.1) is 10.6 Å². The number of fused-ring (bicyclic) bond motifs is 1. The Morgan fingerprint density at radius 2 is 2.29 bits per heavy atom. The van der Waals surface area contributed by atoms with Crippen LogP contribution in [0.4, 0.5) is 0 Å². The standard InChI is InChI=1S/C12H10O4S/c1-7(2)12(14)15-8-3-4-10-9(5-8)16-11(13)6-17-10/h3-5H,1,6H2,2H3. The van der Waals surface area contributed by atoms with Crippen molar-refractivity contribution in [2.24, 2.45) is 0 Å². The van der Waals surface area contributed by atoms with E-state index in [0.717, 1.165) is 4.90 Å². The molecule has 0 amide bonds. The van der Waals surface area contributed by atoms with Gasteiger partial charge in [-0.3, -0.25) is 4.79 Å². The first-order chi connectivity index (χ1) is 8.06. The molecule has 0 aromatic heterocycles. The zero-order valence-corrected chi connectivity index (χ0v) is 10.0. The molecular formula is C12H10O4S. The van der Waals surface area contributed by atoms with Gasteiger partial charge in [-0.2, -0.15) is 0 Å². The number of carbonyl (C=O) groups excluding carboxylic acids is 2. The van der Waals surface area contributed by atoms with Gasteiger partial charge in [0, 0.05) is 11.6 Å². The van der Waals surface area contributed by atoms with Gasteiger partial charge >= 0.3 is 11.9 Å². The van der Waals surface area contributed by atoms with E-state index in [2.05, 4.69) is 6.58 Å². The van der Waals surface area contributed by atoms with Crippen molar-refractivity contribution in [2.45, 2.75) is 11.8 Å². The maximum atomic E-state index is 11.3. The summed E-state index contributed by atoms with van der Waals surface area (Å²) in [6.07, 6.45) is 0. The minimum absolute atomic E-state index is 0.300. The molecule has 4 nitrogen and oxygen atoms in total. The van der Waals surface area contributed by atoms with E-state index in [1.807, 2.05) is 0 Å². The van der Waals surface area contributed by atoms with E-state index in [1.54, 1.807) is 19.1 Å². The largest absolute Gasteiger partial charge is 0.425 e. The Morgan fingerprint density at radius 3 is 3.00 bits per heavy atom. The van der Waals surface area contributed by atoms with E-state index in [-0.39, 0.29) is 5.97 Å². The van der Waals surface area contributed by atoms with E-state index < -0.39 is 5.97 Å². The van der Waals surface area contributed by atoms with E-state index in [4.69, 9.17) is 9.47 Å². The maximum absolute atomic E-state index is 11.3. The Kier molecular flexibility index (Phi) is 3.19. The van der Waals surface area contributed by atoms with Crippen molar-refractivity contribution in [1.82, 2.24) is 0 Å². The first kappa shape index (κ1) is 11.7. The molecule has 1 aromatic rings. The van der Waals surface area contributed by atoms with Crippen LogP contribution in [-0.4, -0.2) is 17.7 Å². The molecule has 0 radical (unpaired) electrons. The summed E-state index contributed by atoms with van der Waals surface area (Å²) in [7, 11) is 0. The van der Waals surface area contributed by atoms with Crippen molar-refractivity contribution in [3.63, 3.8) is 0 Å². The van der Waals surface area contributed by atoms with Crippen molar-refractivity contribution in [3.05, 3.63) is 30.4 Å². The van der Waals surface area contributed by atoms with E-state index >= 15 is 0 Å². The topological polar surface area (TPSA) is 52.6 Å². The molecule has 0 fully saturated rings. The van der Waals surface area contributed by atoms with Crippen LogP contribution in [-0.2, 0) is 9.59 Å². The molecule has 1 aliphatic rings. The number of rotatable bonds is 2. The third-order valence-electron chi connectivity index (χ3n) is 2.04. The van der Waals surface area contributed by atoms with Crippen molar-refractivity contribution < 1.29 is 19.1 Å². The first-order valence-electron chi connectivity index (χ1n) is 4.91. The molecule has 2 rings (SSSR count). The van der Waals surface area contributed by atoms with Crippen LogP contribution in [0.3, 0.4) is 0 Å². The molecule has 0 bridgehead atoms. The van der Waals surface area contributed by atoms with Gasteiger partial charge < -0.3 is 9.47 Å². The molecule has 17 heavy (non-hydrogen) atoms. The summed E-state index contributed by atoms with van der Waals surface area (Å²) in [6.45, 7) is 5.05. The van der Waals surface area contributed by atoms with Crippen molar-refractivity contribution in [3.8, 4) is 11.5 Å². The van der Waals surface area contributed by atoms with Gasteiger partial charge in [-0.1, -0.05) is 6.58 Å². The highest BCUT2D eigenvalue weighted by molar-refractivity contribution is 8.00. The lowest BCUT2D eigenvalue weighted by molar-refractivity contribution is -0.131. The first-order valence-corrected chi connectivity index (χ1v) is 5.90. The summed E-state index contributed by atoms with van der Waals surface area (Å²) in [4.78, 5) is 23.3. The lowest BCUT2D eigenvalue weighted by Gasteiger charge is -2.15.